The van der Waals surface area contributed by atoms with Crippen LogP contribution in [-0.2, 0) is 19.1 Å². The Morgan fingerprint density at radius 1 is 1.15 bits per heavy atom. The van der Waals surface area contributed by atoms with Crippen LogP contribution in [0.5, 0.6) is 0 Å². The van der Waals surface area contributed by atoms with Crippen LogP contribution in [0.1, 0.15) is 19.8 Å². The first-order valence-electron chi connectivity index (χ1n) is 7.00. The average molecular weight is 283 g/mol. The number of rotatable bonds is 3. The predicted molar refractivity (Wildman–Crippen MR) is 70.8 cm³/mol. The van der Waals surface area contributed by atoms with Gasteiger partial charge in [0.05, 0.1) is 6.54 Å². The smallest absolute Gasteiger partial charge is 0.249 e. The van der Waals surface area contributed by atoms with Crippen LogP contribution in [0.3, 0.4) is 0 Å². The van der Waals surface area contributed by atoms with Gasteiger partial charge in [0.2, 0.25) is 17.7 Å². The second kappa shape index (κ2) is 6.69. The molecule has 0 spiro atoms. The third kappa shape index (κ3) is 3.69. The van der Waals surface area contributed by atoms with Gasteiger partial charge in [-0.1, -0.05) is 0 Å². The van der Waals surface area contributed by atoms with Gasteiger partial charge in [-0.15, -0.1) is 0 Å². The predicted octanol–water partition coefficient (Wildman–Crippen LogP) is -1.03. The number of carbonyl (C=O) groups excluding carboxylic acids is 3. The standard InChI is InChI=1S/C13H21N3O4/c1-10(17)15-4-6-16(7-5-15)12(18)9-14-13(19)11-3-2-8-20-11/h11H,2-9H2,1H3,(H,14,19). The molecule has 7 nitrogen and oxygen atoms in total. The van der Waals surface area contributed by atoms with Gasteiger partial charge in [-0.2, -0.15) is 0 Å². The van der Waals surface area contributed by atoms with E-state index >= 15 is 0 Å². The molecule has 20 heavy (non-hydrogen) atoms. The van der Waals surface area contributed by atoms with Gasteiger partial charge in [0.1, 0.15) is 6.10 Å². The van der Waals surface area contributed by atoms with Crippen molar-refractivity contribution < 1.29 is 19.1 Å². The number of amides is 3. The molecule has 3 amide bonds. The zero-order valence-electron chi connectivity index (χ0n) is 11.8. The maximum atomic E-state index is 12.0. The summed E-state index contributed by atoms with van der Waals surface area (Å²) in [6.07, 6.45) is 1.20. The average Bonchev–Trinajstić information content (AvgIpc) is 2.98. The van der Waals surface area contributed by atoms with Crippen LogP contribution in [0.25, 0.3) is 0 Å². The molecule has 1 atom stereocenters. The third-order valence-electron chi connectivity index (χ3n) is 3.71. The molecule has 0 aliphatic carbocycles. The lowest BCUT2D eigenvalue weighted by molar-refractivity contribution is -0.139. The summed E-state index contributed by atoms with van der Waals surface area (Å²) in [6.45, 7) is 4.29. The molecule has 7 heteroatoms. The van der Waals surface area contributed by atoms with E-state index in [2.05, 4.69) is 5.32 Å². The molecular weight excluding hydrogens is 262 g/mol. The highest BCUT2D eigenvalue weighted by Gasteiger charge is 2.26. The number of nitrogens with one attached hydrogen (secondary N) is 1. The van der Waals surface area contributed by atoms with Crippen LogP contribution in [0.15, 0.2) is 0 Å². The number of hydrogen-bond acceptors (Lipinski definition) is 4. The Hall–Kier alpha value is -1.63. The zero-order chi connectivity index (χ0) is 14.5. The number of nitrogens with zero attached hydrogens (tertiary/aromatic N) is 2. The molecule has 0 saturated carbocycles. The van der Waals surface area contributed by atoms with Gasteiger partial charge in [-0.05, 0) is 12.8 Å². The molecule has 2 aliphatic rings. The van der Waals surface area contributed by atoms with Crippen molar-refractivity contribution in [1.29, 1.82) is 0 Å². The Morgan fingerprint density at radius 2 is 1.80 bits per heavy atom. The lowest BCUT2D eigenvalue weighted by Gasteiger charge is -2.34. The van der Waals surface area contributed by atoms with Crippen molar-refractivity contribution in [3.63, 3.8) is 0 Å². The largest absolute Gasteiger partial charge is 0.368 e. The van der Waals surface area contributed by atoms with Gasteiger partial charge >= 0.3 is 0 Å². The Bertz CT molecular complexity index is 385. The molecule has 2 saturated heterocycles. The van der Waals surface area contributed by atoms with E-state index in [1.54, 1.807) is 9.80 Å². The van der Waals surface area contributed by atoms with Crippen LogP contribution < -0.4 is 5.32 Å². The topological polar surface area (TPSA) is 79.0 Å². The summed E-state index contributed by atoms with van der Waals surface area (Å²) in [7, 11) is 0. The molecule has 0 bridgehead atoms. The van der Waals surface area contributed by atoms with E-state index in [4.69, 9.17) is 4.74 Å². The Labute approximate surface area is 118 Å². The minimum absolute atomic E-state index is 0.00123. The number of ether oxygens (including phenoxy) is 1. The van der Waals surface area contributed by atoms with E-state index < -0.39 is 6.10 Å². The summed E-state index contributed by atoms with van der Waals surface area (Å²) in [5, 5.41) is 2.62. The van der Waals surface area contributed by atoms with E-state index in [1.165, 1.54) is 6.92 Å². The summed E-state index contributed by atoms with van der Waals surface area (Å²) in [5.74, 6) is -0.290. The highest BCUT2D eigenvalue weighted by atomic mass is 16.5. The summed E-state index contributed by atoms with van der Waals surface area (Å²) in [5.41, 5.74) is 0. The van der Waals surface area contributed by atoms with Crippen molar-refractivity contribution in [2.24, 2.45) is 0 Å². The van der Waals surface area contributed by atoms with Crippen LogP contribution >= 0.6 is 0 Å². The maximum Gasteiger partial charge on any atom is 0.249 e. The van der Waals surface area contributed by atoms with Crippen LogP contribution in [0, 0.1) is 0 Å². The van der Waals surface area contributed by atoms with Crippen molar-refractivity contribution in [3.8, 4) is 0 Å². The van der Waals surface area contributed by atoms with E-state index in [-0.39, 0.29) is 24.3 Å². The van der Waals surface area contributed by atoms with Crippen LogP contribution in [0.4, 0.5) is 0 Å². The van der Waals surface area contributed by atoms with Gasteiger partial charge in [0.15, 0.2) is 0 Å². The molecule has 112 valence electrons. The Kier molecular flexibility index (Phi) is 4.94. The van der Waals surface area contributed by atoms with Gasteiger partial charge in [0.25, 0.3) is 0 Å². The van der Waals surface area contributed by atoms with Gasteiger partial charge in [0, 0.05) is 39.7 Å². The number of hydrogen-bond donors (Lipinski definition) is 1. The molecule has 1 N–H and O–H groups in total. The molecule has 2 aliphatic heterocycles. The third-order valence-corrected chi connectivity index (χ3v) is 3.71. The maximum absolute atomic E-state index is 12.0. The molecule has 0 radical (unpaired) electrons. The van der Waals surface area contributed by atoms with Crippen molar-refractivity contribution in [2.75, 3.05) is 39.3 Å². The normalized spacial score (nSPS) is 22.8. The molecule has 0 aromatic rings. The van der Waals surface area contributed by atoms with Gasteiger partial charge in [-0.25, -0.2) is 0 Å². The fraction of sp³-hybridized carbons (Fsp3) is 0.769. The first-order valence-corrected chi connectivity index (χ1v) is 7.00. The van der Waals surface area contributed by atoms with Gasteiger partial charge < -0.3 is 19.9 Å². The lowest BCUT2D eigenvalue weighted by Crippen LogP contribution is -2.52. The highest BCUT2D eigenvalue weighted by Crippen LogP contribution is 2.11. The molecule has 2 rings (SSSR count). The van der Waals surface area contributed by atoms with Crippen LogP contribution in [-0.4, -0.2) is 73.0 Å². The SMILES string of the molecule is CC(=O)N1CCN(C(=O)CNC(=O)C2CCCO2)CC1. The summed E-state index contributed by atoms with van der Waals surface area (Å²) in [4.78, 5) is 38.3. The minimum atomic E-state index is -0.405. The molecule has 0 aromatic carbocycles. The first kappa shape index (κ1) is 14.8. The van der Waals surface area contributed by atoms with Crippen LogP contribution in [0.2, 0.25) is 0 Å². The quantitative estimate of drug-likeness (QED) is 0.718. The molecular formula is C13H21N3O4. The van der Waals surface area contributed by atoms with Gasteiger partial charge in [-0.3, -0.25) is 14.4 Å². The Morgan fingerprint density at radius 3 is 2.35 bits per heavy atom. The molecule has 0 aromatic heterocycles. The van der Waals surface area contributed by atoms with Crippen molar-refractivity contribution in [2.45, 2.75) is 25.9 Å². The molecule has 1 unspecified atom stereocenters. The molecule has 2 heterocycles. The van der Waals surface area contributed by atoms with Crippen molar-refractivity contribution in [3.05, 3.63) is 0 Å². The zero-order valence-corrected chi connectivity index (χ0v) is 11.8. The van der Waals surface area contributed by atoms with E-state index in [9.17, 15) is 14.4 Å². The summed E-state index contributed by atoms with van der Waals surface area (Å²) >= 11 is 0. The van der Waals surface area contributed by atoms with Crippen molar-refractivity contribution in [1.82, 2.24) is 15.1 Å². The fourth-order valence-corrected chi connectivity index (χ4v) is 2.44. The Balaban J connectivity index is 1.70. The lowest BCUT2D eigenvalue weighted by atomic mass is 10.2. The van der Waals surface area contributed by atoms with E-state index in [0.29, 0.717) is 32.8 Å². The fourth-order valence-electron chi connectivity index (χ4n) is 2.44. The van der Waals surface area contributed by atoms with E-state index in [0.717, 1.165) is 12.8 Å². The van der Waals surface area contributed by atoms with E-state index in [1.807, 2.05) is 0 Å². The summed E-state index contributed by atoms with van der Waals surface area (Å²) < 4.78 is 5.25. The first-order chi connectivity index (χ1) is 9.58. The van der Waals surface area contributed by atoms with Crippen molar-refractivity contribution >= 4 is 17.7 Å². The second-order valence-corrected chi connectivity index (χ2v) is 5.11. The monoisotopic (exact) mass is 283 g/mol. The summed E-state index contributed by atoms with van der Waals surface area (Å²) in [6, 6.07) is 0. The second-order valence-electron chi connectivity index (χ2n) is 5.11. The minimum Gasteiger partial charge on any atom is -0.368 e. The molecule has 2 fully saturated rings. The number of piperazine rings is 1. The number of carbonyl (C=O) groups is 3. The highest BCUT2D eigenvalue weighted by molar-refractivity contribution is 5.87.